The minimum absolute atomic E-state index is 0.0531. The van der Waals surface area contributed by atoms with Crippen LogP contribution in [0.5, 0.6) is 0 Å². The largest absolute Gasteiger partial charge is 0.448 e. The van der Waals surface area contributed by atoms with Crippen LogP contribution in [0.25, 0.3) is 16.7 Å². The molecule has 1 aliphatic carbocycles. The normalized spacial score (nSPS) is 21.0. The summed E-state index contributed by atoms with van der Waals surface area (Å²) in [7, 11) is 0. The molecule has 2 unspecified atom stereocenters. The topological polar surface area (TPSA) is 51.7 Å². The highest BCUT2D eigenvalue weighted by atomic mass is 19.4. The van der Waals surface area contributed by atoms with Crippen molar-refractivity contribution in [2.24, 2.45) is 0 Å². The second-order valence-electron chi connectivity index (χ2n) is 9.27. The van der Waals surface area contributed by atoms with Gasteiger partial charge in [0.05, 0.1) is 31.0 Å². The summed E-state index contributed by atoms with van der Waals surface area (Å²) in [6, 6.07) is 19.4. The lowest BCUT2D eigenvalue weighted by molar-refractivity contribution is -0.141. The third-order valence-corrected chi connectivity index (χ3v) is 7.11. The van der Waals surface area contributed by atoms with Gasteiger partial charge in [0.1, 0.15) is 12.3 Å². The molecule has 2 aromatic carbocycles. The number of halogens is 3. The van der Waals surface area contributed by atoms with Crippen molar-refractivity contribution in [3.63, 3.8) is 0 Å². The molecule has 0 spiro atoms. The van der Waals surface area contributed by atoms with Crippen LogP contribution in [0.15, 0.2) is 72.8 Å². The number of benzene rings is 2. The van der Waals surface area contributed by atoms with Crippen molar-refractivity contribution in [1.82, 2.24) is 9.88 Å². The Labute approximate surface area is 206 Å². The van der Waals surface area contributed by atoms with E-state index in [1.165, 1.54) is 6.07 Å². The molecule has 1 fully saturated rings. The van der Waals surface area contributed by atoms with Crippen LogP contribution in [-0.2, 0) is 15.7 Å². The molecule has 1 saturated heterocycles. The summed E-state index contributed by atoms with van der Waals surface area (Å²) in [4.78, 5) is 18.8. The molecule has 1 amide bonds. The Morgan fingerprint density at radius 1 is 0.972 bits per heavy atom. The second kappa shape index (κ2) is 8.78. The summed E-state index contributed by atoms with van der Waals surface area (Å²) in [5, 5.41) is 0. The zero-order valence-corrected chi connectivity index (χ0v) is 19.2. The fourth-order valence-corrected chi connectivity index (χ4v) is 5.51. The van der Waals surface area contributed by atoms with Crippen molar-refractivity contribution in [2.45, 2.75) is 30.6 Å². The third kappa shape index (κ3) is 3.95. The van der Waals surface area contributed by atoms with E-state index in [0.717, 1.165) is 28.3 Å². The fraction of sp³-hybridized carbons (Fsp3) is 0.286. The van der Waals surface area contributed by atoms with E-state index in [0.29, 0.717) is 12.0 Å². The van der Waals surface area contributed by atoms with Crippen LogP contribution in [-0.4, -0.2) is 47.9 Å². The molecule has 6 rings (SSSR count). The van der Waals surface area contributed by atoms with Gasteiger partial charge in [-0.05, 0) is 46.4 Å². The molecule has 36 heavy (non-hydrogen) atoms. The van der Waals surface area contributed by atoms with E-state index in [9.17, 15) is 18.0 Å². The van der Waals surface area contributed by atoms with Crippen LogP contribution >= 0.6 is 0 Å². The van der Waals surface area contributed by atoms with Crippen molar-refractivity contribution in [1.29, 1.82) is 0 Å². The Hall–Kier alpha value is -3.65. The van der Waals surface area contributed by atoms with Crippen molar-refractivity contribution in [3.05, 3.63) is 95.3 Å². The van der Waals surface area contributed by atoms with Crippen LogP contribution in [0.4, 0.5) is 18.0 Å². The smallest absolute Gasteiger partial charge is 0.433 e. The molecule has 3 aromatic rings. The maximum Gasteiger partial charge on any atom is 0.433 e. The summed E-state index contributed by atoms with van der Waals surface area (Å²) in [6.45, 7) is 0.746. The van der Waals surface area contributed by atoms with Gasteiger partial charge in [-0.1, -0.05) is 60.7 Å². The molecule has 2 aliphatic heterocycles. The number of rotatable bonds is 3. The molecule has 8 heteroatoms. The van der Waals surface area contributed by atoms with Gasteiger partial charge >= 0.3 is 12.3 Å². The van der Waals surface area contributed by atoms with Crippen molar-refractivity contribution in [2.75, 3.05) is 19.8 Å². The predicted octanol–water partition coefficient (Wildman–Crippen LogP) is 5.91. The lowest BCUT2D eigenvalue weighted by atomic mass is 9.92. The average molecular weight is 492 g/mol. The minimum Gasteiger partial charge on any atom is -0.448 e. The Morgan fingerprint density at radius 2 is 1.67 bits per heavy atom. The standard InChI is InChI=1S/C28H23F3N2O3/c29-28(30,31)26-11-5-10-25(32-26)17-12-18-14-35-15-19(13-17)33(18)27(34)36-16-24-22-8-3-1-6-20(22)21-7-2-4-9-23(21)24/h1-12,18-19,24H,13-16H2. The predicted molar refractivity (Wildman–Crippen MR) is 127 cm³/mol. The number of carbonyl (C=O) groups excluding carboxylic acids is 1. The van der Waals surface area contributed by atoms with Crippen molar-refractivity contribution < 1.29 is 27.4 Å². The summed E-state index contributed by atoms with van der Waals surface area (Å²) in [5.41, 5.74) is 4.59. The van der Waals surface area contributed by atoms with E-state index in [1.54, 1.807) is 17.0 Å². The number of pyridine rings is 1. The SMILES string of the molecule is O=C(OCC1c2ccccc2-c2ccccc21)N1C2C=C(c3cccc(C(F)(F)F)n3)CC1COC2. The molecule has 3 heterocycles. The first-order chi connectivity index (χ1) is 17.4. The first kappa shape index (κ1) is 22.8. The number of amides is 1. The fourth-order valence-electron chi connectivity index (χ4n) is 5.51. The van der Waals surface area contributed by atoms with Gasteiger partial charge in [-0.3, -0.25) is 4.90 Å². The number of nitrogens with zero attached hydrogens (tertiary/aromatic N) is 2. The molecule has 5 nitrogen and oxygen atoms in total. The van der Waals surface area contributed by atoms with Gasteiger partial charge in [-0.15, -0.1) is 0 Å². The Morgan fingerprint density at radius 3 is 2.33 bits per heavy atom. The molecule has 2 atom stereocenters. The first-order valence-corrected chi connectivity index (χ1v) is 11.9. The van der Waals surface area contributed by atoms with Gasteiger partial charge in [0, 0.05) is 5.92 Å². The van der Waals surface area contributed by atoms with E-state index in [4.69, 9.17) is 9.47 Å². The zero-order valence-electron chi connectivity index (χ0n) is 19.2. The van der Waals surface area contributed by atoms with Gasteiger partial charge in [0.2, 0.25) is 0 Å². The first-order valence-electron chi connectivity index (χ1n) is 11.9. The van der Waals surface area contributed by atoms with Gasteiger partial charge < -0.3 is 9.47 Å². The van der Waals surface area contributed by atoms with Crippen molar-refractivity contribution >= 4 is 11.7 Å². The number of carbonyl (C=O) groups is 1. The highest BCUT2D eigenvalue weighted by Gasteiger charge is 2.40. The number of morpholine rings is 1. The molecule has 2 bridgehead atoms. The van der Waals surface area contributed by atoms with E-state index in [-0.39, 0.29) is 37.5 Å². The molecule has 184 valence electrons. The second-order valence-corrected chi connectivity index (χ2v) is 9.27. The van der Waals surface area contributed by atoms with Crippen LogP contribution in [0.1, 0.15) is 34.9 Å². The maximum absolute atomic E-state index is 13.3. The van der Waals surface area contributed by atoms with Crippen LogP contribution < -0.4 is 0 Å². The number of fused-ring (bicyclic) bond motifs is 5. The van der Waals surface area contributed by atoms with Crippen LogP contribution in [0.2, 0.25) is 0 Å². The summed E-state index contributed by atoms with van der Waals surface area (Å²) in [5.74, 6) is -0.0531. The number of aromatic nitrogens is 1. The third-order valence-electron chi connectivity index (χ3n) is 7.11. The Balaban J connectivity index is 1.22. The number of hydrogen-bond donors (Lipinski definition) is 0. The zero-order chi connectivity index (χ0) is 24.9. The van der Waals surface area contributed by atoms with E-state index < -0.39 is 24.0 Å². The van der Waals surface area contributed by atoms with Gasteiger partial charge in [0.15, 0.2) is 0 Å². The molecule has 3 aliphatic rings. The molecule has 0 saturated carbocycles. The van der Waals surface area contributed by atoms with Crippen LogP contribution in [0, 0.1) is 0 Å². The molecule has 1 aromatic heterocycles. The van der Waals surface area contributed by atoms with Gasteiger partial charge in [0.25, 0.3) is 0 Å². The van der Waals surface area contributed by atoms with Gasteiger partial charge in [-0.25, -0.2) is 9.78 Å². The van der Waals surface area contributed by atoms with Crippen molar-refractivity contribution in [3.8, 4) is 11.1 Å². The Kier molecular flexibility index (Phi) is 5.56. The summed E-state index contributed by atoms with van der Waals surface area (Å²) in [6.07, 6.45) is -2.84. The van der Waals surface area contributed by atoms with Crippen LogP contribution in [0.3, 0.4) is 0 Å². The summed E-state index contributed by atoms with van der Waals surface area (Å²) < 4.78 is 51.0. The molecular formula is C28H23F3N2O3. The maximum atomic E-state index is 13.3. The highest BCUT2D eigenvalue weighted by molar-refractivity contribution is 5.79. The van der Waals surface area contributed by atoms with E-state index in [2.05, 4.69) is 29.2 Å². The lowest BCUT2D eigenvalue weighted by Crippen LogP contribution is -2.56. The highest BCUT2D eigenvalue weighted by Crippen LogP contribution is 2.44. The minimum atomic E-state index is -4.52. The molecule has 0 radical (unpaired) electrons. The number of alkyl halides is 3. The number of ether oxygens (including phenoxy) is 2. The molecule has 0 N–H and O–H groups in total. The van der Waals surface area contributed by atoms with E-state index in [1.807, 2.05) is 24.3 Å². The Bertz CT molecular complexity index is 1310. The summed E-state index contributed by atoms with van der Waals surface area (Å²) >= 11 is 0. The van der Waals surface area contributed by atoms with E-state index >= 15 is 0 Å². The monoisotopic (exact) mass is 492 g/mol. The number of hydrogen-bond acceptors (Lipinski definition) is 4. The average Bonchev–Trinajstić information content (AvgIpc) is 3.20. The molecular weight excluding hydrogens is 469 g/mol. The lowest BCUT2D eigenvalue weighted by Gasteiger charge is -2.43. The quantitative estimate of drug-likeness (QED) is 0.457. The van der Waals surface area contributed by atoms with Gasteiger partial charge in [-0.2, -0.15) is 13.2 Å².